The number of carbonyl (C=O) groups excluding carboxylic acids is 2. The summed E-state index contributed by atoms with van der Waals surface area (Å²) in [6.45, 7) is 0.494. The van der Waals surface area contributed by atoms with Crippen LogP contribution in [-0.2, 0) is 19.2 Å². The van der Waals surface area contributed by atoms with Crippen LogP contribution in [0.25, 0.3) is 11.1 Å². The maximum Gasteiger partial charge on any atom is 0.490 e. The Bertz CT molecular complexity index is 1290. The molecule has 2 aromatic carbocycles. The Kier molecular flexibility index (Phi) is 13.5. The number of halogens is 3. The highest BCUT2D eigenvalue weighted by Crippen LogP contribution is 2.23. The first-order valence-corrected chi connectivity index (χ1v) is 12.8. The first-order chi connectivity index (χ1) is 20.0. The Labute approximate surface area is 240 Å². The third kappa shape index (κ3) is 12.9. The van der Waals surface area contributed by atoms with E-state index in [9.17, 15) is 32.7 Å². The van der Waals surface area contributed by atoms with Crippen LogP contribution in [0.4, 0.5) is 19.0 Å². The topological polar surface area (TPSA) is 158 Å². The molecular weight excluding hydrogens is 557 g/mol. The number of aliphatic carboxylic acids is 2. The number of pyridine rings is 1. The second-order valence-electron chi connectivity index (χ2n) is 8.88. The van der Waals surface area contributed by atoms with E-state index in [1.807, 2.05) is 72.8 Å². The third-order valence-electron chi connectivity index (χ3n) is 5.62. The quantitative estimate of drug-likeness (QED) is 0.184. The van der Waals surface area contributed by atoms with Crippen LogP contribution in [0, 0.1) is 0 Å². The van der Waals surface area contributed by atoms with Gasteiger partial charge in [-0.1, -0.05) is 60.7 Å². The van der Waals surface area contributed by atoms with Gasteiger partial charge >= 0.3 is 18.1 Å². The van der Waals surface area contributed by atoms with Crippen LogP contribution < -0.4 is 16.0 Å². The summed E-state index contributed by atoms with van der Waals surface area (Å²) in [7, 11) is 0. The number of hydrogen-bond acceptors (Lipinski definition) is 6. The van der Waals surface area contributed by atoms with Gasteiger partial charge in [-0.3, -0.25) is 14.4 Å². The van der Waals surface area contributed by atoms with Crippen molar-refractivity contribution >= 4 is 29.6 Å². The number of nitrogens with zero attached hydrogens (tertiary/aromatic N) is 1. The van der Waals surface area contributed by atoms with E-state index in [-0.39, 0.29) is 18.9 Å². The van der Waals surface area contributed by atoms with E-state index in [0.717, 1.165) is 23.4 Å². The Morgan fingerprint density at radius 1 is 0.810 bits per heavy atom. The maximum absolute atomic E-state index is 12.4. The minimum absolute atomic E-state index is 0.205. The average molecular weight is 589 g/mol. The molecule has 3 rings (SSSR count). The first-order valence-electron chi connectivity index (χ1n) is 12.8. The first kappa shape index (κ1) is 33.3. The van der Waals surface area contributed by atoms with E-state index < -0.39 is 30.1 Å². The van der Waals surface area contributed by atoms with E-state index >= 15 is 0 Å². The monoisotopic (exact) mass is 588 g/mol. The van der Waals surface area contributed by atoms with Gasteiger partial charge in [0.1, 0.15) is 5.82 Å². The summed E-state index contributed by atoms with van der Waals surface area (Å²) in [5.74, 6) is -3.65. The van der Waals surface area contributed by atoms with Crippen molar-refractivity contribution in [1.82, 2.24) is 15.6 Å². The molecule has 1 atom stereocenters. The molecule has 1 heterocycles. The number of carboxylic acid groups (broad SMARTS) is 2. The lowest BCUT2D eigenvalue weighted by Gasteiger charge is -2.18. The SMILES string of the molecule is O=C(O)C(F)(F)F.O=C(O)CC(NC(=O)CNC(=O)CCCCNc1ccccn1)c1ccc(-c2ccccc2)cc1. The van der Waals surface area contributed by atoms with Crippen LogP contribution in [0.1, 0.15) is 37.3 Å². The van der Waals surface area contributed by atoms with E-state index in [1.54, 1.807) is 6.20 Å². The van der Waals surface area contributed by atoms with Gasteiger partial charge in [-0.2, -0.15) is 13.2 Å². The molecule has 0 spiro atoms. The maximum atomic E-state index is 12.4. The zero-order valence-electron chi connectivity index (χ0n) is 22.4. The summed E-state index contributed by atoms with van der Waals surface area (Å²) in [5, 5.41) is 24.9. The molecule has 2 amide bonds. The van der Waals surface area contributed by atoms with Crippen molar-refractivity contribution in [1.29, 1.82) is 0 Å². The number of anilines is 1. The Balaban J connectivity index is 0.000000782. The van der Waals surface area contributed by atoms with E-state index in [2.05, 4.69) is 20.9 Å². The van der Waals surface area contributed by atoms with Gasteiger partial charge in [0.25, 0.3) is 0 Å². The Morgan fingerprint density at radius 2 is 1.43 bits per heavy atom. The number of rotatable bonds is 13. The van der Waals surface area contributed by atoms with Crippen molar-refractivity contribution in [3.05, 3.63) is 84.6 Å². The summed E-state index contributed by atoms with van der Waals surface area (Å²) in [4.78, 5) is 48.9. The number of unbranched alkanes of at least 4 members (excludes halogenated alkanes) is 1. The molecule has 13 heteroatoms. The van der Waals surface area contributed by atoms with Gasteiger partial charge in [0.2, 0.25) is 11.8 Å². The van der Waals surface area contributed by atoms with Gasteiger partial charge in [-0.05, 0) is 41.7 Å². The molecule has 1 aromatic heterocycles. The number of carboxylic acids is 2. The fourth-order valence-electron chi connectivity index (χ4n) is 3.57. The Morgan fingerprint density at radius 3 is 2.00 bits per heavy atom. The molecule has 0 saturated heterocycles. The molecule has 224 valence electrons. The highest BCUT2D eigenvalue weighted by Gasteiger charge is 2.38. The lowest BCUT2D eigenvalue weighted by molar-refractivity contribution is -0.192. The molecule has 0 aliphatic heterocycles. The Hall–Kier alpha value is -4.94. The fourth-order valence-corrected chi connectivity index (χ4v) is 3.57. The van der Waals surface area contributed by atoms with E-state index in [1.165, 1.54) is 0 Å². The van der Waals surface area contributed by atoms with Crippen molar-refractivity contribution in [3.8, 4) is 11.1 Å². The van der Waals surface area contributed by atoms with Gasteiger partial charge in [0.15, 0.2) is 0 Å². The number of aromatic nitrogens is 1. The second-order valence-corrected chi connectivity index (χ2v) is 8.88. The molecule has 0 saturated carbocycles. The molecule has 0 bridgehead atoms. The summed E-state index contributed by atoms with van der Waals surface area (Å²) in [6, 6.07) is 22.2. The molecule has 3 aromatic rings. The fraction of sp³-hybridized carbons (Fsp3) is 0.276. The summed E-state index contributed by atoms with van der Waals surface area (Å²) < 4.78 is 31.7. The minimum atomic E-state index is -5.08. The van der Waals surface area contributed by atoms with Crippen molar-refractivity contribution in [2.24, 2.45) is 0 Å². The molecule has 0 fully saturated rings. The average Bonchev–Trinajstić information content (AvgIpc) is 2.96. The van der Waals surface area contributed by atoms with Gasteiger partial charge in [0.05, 0.1) is 19.0 Å². The number of nitrogens with one attached hydrogen (secondary N) is 3. The normalized spacial score (nSPS) is 11.3. The zero-order chi connectivity index (χ0) is 31.0. The number of hydrogen-bond donors (Lipinski definition) is 5. The van der Waals surface area contributed by atoms with E-state index in [4.69, 9.17) is 9.90 Å². The zero-order valence-corrected chi connectivity index (χ0v) is 22.4. The van der Waals surface area contributed by atoms with Gasteiger partial charge in [-0.15, -0.1) is 0 Å². The van der Waals surface area contributed by atoms with Crippen LogP contribution in [0.5, 0.6) is 0 Å². The molecule has 5 N–H and O–H groups in total. The van der Waals surface area contributed by atoms with Crippen molar-refractivity contribution in [3.63, 3.8) is 0 Å². The lowest BCUT2D eigenvalue weighted by atomic mass is 9.99. The van der Waals surface area contributed by atoms with Crippen LogP contribution in [0.15, 0.2) is 79.0 Å². The second kappa shape index (κ2) is 17.0. The molecule has 0 aliphatic carbocycles. The van der Waals surface area contributed by atoms with Gasteiger partial charge in [-0.25, -0.2) is 9.78 Å². The van der Waals surface area contributed by atoms with Crippen LogP contribution in [0.3, 0.4) is 0 Å². The van der Waals surface area contributed by atoms with Gasteiger partial charge in [0, 0.05) is 19.2 Å². The molecular formula is C29H31F3N4O6. The number of benzene rings is 2. The highest BCUT2D eigenvalue weighted by atomic mass is 19.4. The summed E-state index contributed by atoms with van der Waals surface area (Å²) in [6.07, 6.45) is -1.87. The molecule has 42 heavy (non-hydrogen) atoms. The van der Waals surface area contributed by atoms with Crippen LogP contribution in [0.2, 0.25) is 0 Å². The largest absolute Gasteiger partial charge is 0.490 e. The number of carbonyl (C=O) groups is 4. The smallest absolute Gasteiger partial charge is 0.481 e. The minimum Gasteiger partial charge on any atom is -0.481 e. The predicted molar refractivity (Wildman–Crippen MR) is 148 cm³/mol. The third-order valence-corrected chi connectivity index (χ3v) is 5.62. The molecule has 0 aliphatic rings. The van der Waals surface area contributed by atoms with Crippen molar-refractivity contribution in [2.45, 2.75) is 37.9 Å². The molecule has 1 unspecified atom stereocenters. The number of alkyl halides is 3. The molecule has 10 nitrogen and oxygen atoms in total. The summed E-state index contributed by atoms with van der Waals surface area (Å²) >= 11 is 0. The van der Waals surface area contributed by atoms with Crippen molar-refractivity contribution < 1.29 is 42.6 Å². The predicted octanol–water partition coefficient (Wildman–Crippen LogP) is 4.41. The lowest BCUT2D eigenvalue weighted by Crippen LogP contribution is -2.39. The van der Waals surface area contributed by atoms with Crippen LogP contribution >= 0.6 is 0 Å². The molecule has 0 radical (unpaired) electrons. The summed E-state index contributed by atoms with van der Waals surface area (Å²) in [5.41, 5.74) is 2.73. The van der Waals surface area contributed by atoms with E-state index in [0.29, 0.717) is 24.9 Å². The highest BCUT2D eigenvalue weighted by molar-refractivity contribution is 5.85. The number of amides is 2. The van der Waals surface area contributed by atoms with Crippen LogP contribution in [-0.4, -0.2) is 58.2 Å². The van der Waals surface area contributed by atoms with Gasteiger partial charge < -0.3 is 26.2 Å². The standard InChI is InChI=1S/C27H30N4O4.C2HF3O2/c32-25(11-5-7-17-29-24-10-4-6-16-28-24)30-19-26(33)31-23(18-27(34)35)22-14-12-21(13-15-22)20-8-2-1-3-9-20;3-2(4,5)1(6)7/h1-4,6,8-10,12-16,23H,5,7,11,17-19H2,(H,28,29)(H,30,32)(H,31,33)(H,34,35);(H,6,7). The van der Waals surface area contributed by atoms with Crippen molar-refractivity contribution in [2.75, 3.05) is 18.4 Å².